The lowest BCUT2D eigenvalue weighted by atomic mass is 10.0. The van der Waals surface area contributed by atoms with E-state index in [1.54, 1.807) is 19.9 Å². The van der Waals surface area contributed by atoms with Gasteiger partial charge < -0.3 is 9.84 Å². The SMILES string of the molecule is CCCOc1ccccc1/C=C1\SC(=S)N(C(C(=O)O)C(C)C)C1=O. The number of hydrogen-bond acceptors (Lipinski definition) is 5. The van der Waals surface area contributed by atoms with Crippen molar-refractivity contribution in [2.45, 2.75) is 33.2 Å². The van der Waals surface area contributed by atoms with Gasteiger partial charge >= 0.3 is 5.97 Å². The first-order valence-electron chi connectivity index (χ1n) is 8.08. The minimum Gasteiger partial charge on any atom is -0.493 e. The summed E-state index contributed by atoms with van der Waals surface area (Å²) in [7, 11) is 0. The van der Waals surface area contributed by atoms with Crippen LogP contribution in [0.15, 0.2) is 29.2 Å². The van der Waals surface area contributed by atoms with Crippen molar-refractivity contribution in [3.05, 3.63) is 34.7 Å². The van der Waals surface area contributed by atoms with Crippen LogP contribution in [0, 0.1) is 5.92 Å². The van der Waals surface area contributed by atoms with Crippen LogP contribution in [0.2, 0.25) is 0 Å². The van der Waals surface area contributed by atoms with Gasteiger partial charge in [0.1, 0.15) is 16.1 Å². The largest absolute Gasteiger partial charge is 0.493 e. The summed E-state index contributed by atoms with van der Waals surface area (Å²) in [5.74, 6) is -0.992. The zero-order valence-electron chi connectivity index (χ0n) is 14.4. The van der Waals surface area contributed by atoms with Gasteiger partial charge in [-0.2, -0.15) is 0 Å². The molecule has 0 radical (unpaired) electrons. The highest BCUT2D eigenvalue weighted by atomic mass is 32.2. The second-order valence-electron chi connectivity index (χ2n) is 5.97. The summed E-state index contributed by atoms with van der Waals surface area (Å²) in [4.78, 5) is 25.9. The first-order chi connectivity index (χ1) is 11.9. The number of amides is 1. The molecule has 0 bridgehead atoms. The summed E-state index contributed by atoms with van der Waals surface area (Å²) in [5, 5.41) is 9.45. The van der Waals surface area contributed by atoms with Crippen molar-refractivity contribution >= 4 is 46.3 Å². The number of thiocarbonyl (C=S) groups is 1. The minimum absolute atomic E-state index is 0.250. The number of carbonyl (C=O) groups is 2. The van der Waals surface area contributed by atoms with Crippen LogP contribution in [0.4, 0.5) is 0 Å². The molecule has 1 unspecified atom stereocenters. The number of benzene rings is 1. The zero-order chi connectivity index (χ0) is 18.6. The van der Waals surface area contributed by atoms with E-state index in [-0.39, 0.29) is 16.1 Å². The smallest absolute Gasteiger partial charge is 0.327 e. The fraction of sp³-hybridized carbons (Fsp3) is 0.389. The Kier molecular flexibility index (Phi) is 6.61. The van der Waals surface area contributed by atoms with Crippen molar-refractivity contribution in [2.75, 3.05) is 6.61 Å². The van der Waals surface area contributed by atoms with Crippen molar-refractivity contribution in [1.82, 2.24) is 4.90 Å². The van der Waals surface area contributed by atoms with Gasteiger partial charge in [0.05, 0.1) is 11.5 Å². The highest BCUT2D eigenvalue weighted by molar-refractivity contribution is 8.26. The van der Waals surface area contributed by atoms with Crippen LogP contribution in [0.25, 0.3) is 6.08 Å². The number of ether oxygens (including phenoxy) is 1. The highest BCUT2D eigenvalue weighted by Crippen LogP contribution is 2.36. The predicted octanol–water partition coefficient (Wildman–Crippen LogP) is 3.79. The maximum absolute atomic E-state index is 12.7. The first kappa shape index (κ1) is 19.5. The minimum atomic E-state index is -1.06. The molecule has 1 atom stereocenters. The highest BCUT2D eigenvalue weighted by Gasteiger charge is 2.41. The lowest BCUT2D eigenvalue weighted by Gasteiger charge is -2.26. The van der Waals surface area contributed by atoms with Crippen molar-refractivity contribution in [3.63, 3.8) is 0 Å². The van der Waals surface area contributed by atoms with Gasteiger partial charge in [-0.15, -0.1) is 0 Å². The summed E-state index contributed by atoms with van der Waals surface area (Å²) in [6.45, 7) is 6.12. The molecule has 0 aliphatic carbocycles. The molecular weight excluding hydrogens is 358 g/mol. The average molecular weight is 380 g/mol. The van der Waals surface area contributed by atoms with Gasteiger partial charge in [0.2, 0.25) is 0 Å². The summed E-state index contributed by atoms with van der Waals surface area (Å²) >= 11 is 6.38. The molecule has 1 heterocycles. The number of para-hydroxylation sites is 1. The van der Waals surface area contributed by atoms with Gasteiger partial charge in [0.15, 0.2) is 0 Å². The molecule has 1 amide bonds. The Balaban J connectivity index is 2.33. The van der Waals surface area contributed by atoms with Gasteiger partial charge in [-0.1, -0.05) is 63.0 Å². The molecule has 134 valence electrons. The van der Waals surface area contributed by atoms with Crippen molar-refractivity contribution < 1.29 is 19.4 Å². The molecule has 1 aromatic rings. The number of nitrogens with zero attached hydrogens (tertiary/aromatic N) is 1. The number of carbonyl (C=O) groups excluding carboxylic acids is 1. The molecule has 0 saturated carbocycles. The molecule has 1 N–H and O–H groups in total. The van der Waals surface area contributed by atoms with Crippen LogP contribution in [0.1, 0.15) is 32.8 Å². The normalized spacial score (nSPS) is 17.4. The fourth-order valence-corrected chi connectivity index (χ4v) is 3.82. The van der Waals surface area contributed by atoms with Crippen LogP contribution >= 0.6 is 24.0 Å². The molecule has 7 heteroatoms. The quantitative estimate of drug-likeness (QED) is 0.574. The number of hydrogen-bond donors (Lipinski definition) is 1. The molecule has 2 rings (SSSR count). The zero-order valence-corrected chi connectivity index (χ0v) is 16.0. The van der Waals surface area contributed by atoms with E-state index in [2.05, 4.69) is 0 Å². The van der Waals surface area contributed by atoms with Crippen molar-refractivity contribution in [1.29, 1.82) is 0 Å². The van der Waals surface area contributed by atoms with Gasteiger partial charge in [0.25, 0.3) is 5.91 Å². The van der Waals surface area contributed by atoms with Gasteiger partial charge in [0, 0.05) is 5.56 Å². The van der Waals surface area contributed by atoms with E-state index >= 15 is 0 Å². The van der Waals surface area contributed by atoms with Crippen LogP contribution in [-0.4, -0.2) is 38.9 Å². The van der Waals surface area contributed by atoms with Gasteiger partial charge in [-0.05, 0) is 24.5 Å². The van der Waals surface area contributed by atoms with E-state index in [1.165, 1.54) is 4.90 Å². The topological polar surface area (TPSA) is 66.8 Å². The first-order valence-corrected chi connectivity index (χ1v) is 9.31. The van der Waals surface area contributed by atoms with Crippen LogP contribution < -0.4 is 4.74 Å². The van der Waals surface area contributed by atoms with E-state index in [9.17, 15) is 14.7 Å². The van der Waals surface area contributed by atoms with E-state index in [0.29, 0.717) is 17.3 Å². The Hall–Kier alpha value is -1.86. The van der Waals surface area contributed by atoms with Crippen molar-refractivity contribution in [3.8, 4) is 5.75 Å². The van der Waals surface area contributed by atoms with Crippen LogP contribution in [0.3, 0.4) is 0 Å². The molecule has 0 aromatic heterocycles. The number of thioether (sulfide) groups is 1. The summed E-state index contributed by atoms with van der Waals surface area (Å²) in [5.41, 5.74) is 0.771. The fourth-order valence-electron chi connectivity index (χ4n) is 2.50. The van der Waals surface area contributed by atoms with Gasteiger partial charge in [-0.25, -0.2) is 4.79 Å². The number of aliphatic carboxylic acids is 1. The molecule has 0 spiro atoms. The molecule has 1 fully saturated rings. The maximum atomic E-state index is 12.7. The standard InChI is InChI=1S/C18H21NO4S2/c1-4-9-23-13-8-6-5-7-12(13)10-14-16(20)19(18(24)25-14)15(11(2)3)17(21)22/h5-8,10-11,15H,4,9H2,1-3H3,(H,21,22)/b14-10-. The lowest BCUT2D eigenvalue weighted by molar-refractivity contribution is -0.146. The van der Waals surface area contributed by atoms with E-state index in [1.807, 2.05) is 31.2 Å². The Morgan fingerprint density at radius 1 is 1.40 bits per heavy atom. The van der Waals surface area contributed by atoms with E-state index < -0.39 is 12.0 Å². The Morgan fingerprint density at radius 3 is 2.68 bits per heavy atom. The van der Waals surface area contributed by atoms with Crippen LogP contribution in [-0.2, 0) is 9.59 Å². The molecular formula is C18H21NO4S2. The number of carboxylic acid groups (broad SMARTS) is 1. The third-order valence-electron chi connectivity index (χ3n) is 3.65. The number of rotatable bonds is 7. The van der Waals surface area contributed by atoms with Crippen molar-refractivity contribution in [2.24, 2.45) is 5.92 Å². The van der Waals surface area contributed by atoms with Gasteiger partial charge in [-0.3, -0.25) is 9.69 Å². The molecule has 1 aromatic carbocycles. The predicted molar refractivity (Wildman–Crippen MR) is 104 cm³/mol. The Morgan fingerprint density at radius 2 is 2.08 bits per heavy atom. The molecule has 25 heavy (non-hydrogen) atoms. The van der Waals surface area contributed by atoms with E-state index in [4.69, 9.17) is 17.0 Å². The third-order valence-corrected chi connectivity index (χ3v) is 4.98. The molecule has 1 saturated heterocycles. The third kappa shape index (κ3) is 4.41. The number of carboxylic acids is 1. The Labute approximate surface area is 157 Å². The monoisotopic (exact) mass is 379 g/mol. The summed E-state index contributed by atoms with van der Waals surface area (Å²) in [6, 6.07) is 6.46. The van der Waals surface area contributed by atoms with Crippen LogP contribution in [0.5, 0.6) is 5.75 Å². The average Bonchev–Trinajstić information content (AvgIpc) is 2.81. The second-order valence-corrected chi connectivity index (χ2v) is 7.64. The summed E-state index contributed by atoms with van der Waals surface area (Å²) < 4.78 is 5.97. The maximum Gasteiger partial charge on any atom is 0.327 e. The Bertz CT molecular complexity index is 715. The van der Waals surface area contributed by atoms with E-state index in [0.717, 1.165) is 23.7 Å². The second kappa shape index (κ2) is 8.49. The molecule has 1 aliphatic heterocycles. The molecule has 1 aliphatic rings. The summed E-state index contributed by atoms with van der Waals surface area (Å²) in [6.07, 6.45) is 2.59. The molecule has 5 nitrogen and oxygen atoms in total. The lowest BCUT2D eigenvalue weighted by Crippen LogP contribution is -2.47.